The molecule has 184 valence electrons. The van der Waals surface area contributed by atoms with E-state index in [1.807, 2.05) is 103 Å². The molecule has 3 aromatic carbocycles. The van der Waals surface area contributed by atoms with Crippen molar-refractivity contribution in [2.45, 2.75) is 31.2 Å². The molecule has 1 N–H and O–H groups in total. The van der Waals surface area contributed by atoms with Crippen LogP contribution < -0.4 is 5.32 Å². The second kappa shape index (κ2) is 11.8. The maximum atomic E-state index is 13.3. The van der Waals surface area contributed by atoms with Gasteiger partial charge in [0, 0.05) is 6.42 Å². The van der Waals surface area contributed by atoms with Crippen LogP contribution >= 0.6 is 0 Å². The SMILES string of the molecule is COC(=O)[C@H](Cc1ccccc1)N1C(=O)[C@@H](NC(=O)OCc2ccccc2)[C@H]1C=Cc1ccccc1. The highest BCUT2D eigenvalue weighted by Crippen LogP contribution is 2.28. The Bertz CT molecular complexity index is 1200. The molecule has 3 atom stereocenters. The normalized spacial score (nSPS) is 17.8. The first-order valence-corrected chi connectivity index (χ1v) is 11.7. The average molecular weight is 485 g/mol. The van der Waals surface area contributed by atoms with Crippen LogP contribution in [-0.2, 0) is 32.1 Å². The minimum Gasteiger partial charge on any atom is -0.467 e. The summed E-state index contributed by atoms with van der Waals surface area (Å²) in [5, 5.41) is 2.67. The predicted octanol–water partition coefficient (Wildman–Crippen LogP) is 3.99. The smallest absolute Gasteiger partial charge is 0.408 e. The molecule has 0 spiro atoms. The lowest BCUT2D eigenvalue weighted by Crippen LogP contribution is -2.73. The topological polar surface area (TPSA) is 84.9 Å². The quantitative estimate of drug-likeness (QED) is 0.367. The number of amides is 2. The Morgan fingerprint density at radius 3 is 2.11 bits per heavy atom. The van der Waals surface area contributed by atoms with Crippen molar-refractivity contribution < 1.29 is 23.9 Å². The van der Waals surface area contributed by atoms with Gasteiger partial charge in [0.2, 0.25) is 5.91 Å². The van der Waals surface area contributed by atoms with Crippen LogP contribution in [-0.4, -0.2) is 48.1 Å². The van der Waals surface area contributed by atoms with E-state index in [4.69, 9.17) is 9.47 Å². The van der Waals surface area contributed by atoms with Crippen molar-refractivity contribution in [3.8, 4) is 0 Å². The Hall–Kier alpha value is -4.39. The second-order valence-corrected chi connectivity index (χ2v) is 8.42. The van der Waals surface area contributed by atoms with Crippen molar-refractivity contribution in [1.82, 2.24) is 10.2 Å². The highest BCUT2D eigenvalue weighted by molar-refractivity contribution is 5.96. The van der Waals surface area contributed by atoms with Gasteiger partial charge in [-0.15, -0.1) is 0 Å². The maximum absolute atomic E-state index is 13.3. The van der Waals surface area contributed by atoms with E-state index in [-0.39, 0.29) is 12.5 Å². The van der Waals surface area contributed by atoms with E-state index in [1.165, 1.54) is 12.0 Å². The van der Waals surface area contributed by atoms with Gasteiger partial charge in [-0.2, -0.15) is 0 Å². The molecule has 0 saturated carbocycles. The Morgan fingerprint density at radius 2 is 1.50 bits per heavy atom. The fourth-order valence-corrected chi connectivity index (χ4v) is 4.18. The monoisotopic (exact) mass is 484 g/mol. The minimum atomic E-state index is -0.865. The van der Waals surface area contributed by atoms with E-state index >= 15 is 0 Å². The molecule has 4 rings (SSSR count). The Kier molecular flexibility index (Phi) is 8.13. The molecular formula is C29H28N2O5. The van der Waals surface area contributed by atoms with Crippen molar-refractivity contribution in [1.29, 1.82) is 0 Å². The highest BCUT2D eigenvalue weighted by atomic mass is 16.5. The first-order chi connectivity index (χ1) is 17.6. The van der Waals surface area contributed by atoms with Crippen LogP contribution in [0.1, 0.15) is 16.7 Å². The van der Waals surface area contributed by atoms with Gasteiger partial charge in [0.05, 0.1) is 13.2 Å². The van der Waals surface area contributed by atoms with Crippen LogP contribution in [0.4, 0.5) is 4.79 Å². The summed E-state index contributed by atoms with van der Waals surface area (Å²) in [6.07, 6.45) is 3.28. The van der Waals surface area contributed by atoms with Gasteiger partial charge < -0.3 is 19.7 Å². The van der Waals surface area contributed by atoms with Gasteiger partial charge in [0.25, 0.3) is 0 Å². The molecule has 0 unspecified atom stereocenters. The third kappa shape index (κ3) is 5.99. The minimum absolute atomic E-state index is 0.0839. The number of carbonyl (C=O) groups excluding carboxylic acids is 3. The van der Waals surface area contributed by atoms with Gasteiger partial charge in [0.1, 0.15) is 18.7 Å². The molecule has 0 radical (unpaired) electrons. The largest absolute Gasteiger partial charge is 0.467 e. The molecule has 3 aromatic rings. The number of esters is 1. The zero-order valence-corrected chi connectivity index (χ0v) is 19.9. The van der Waals surface area contributed by atoms with E-state index in [1.54, 1.807) is 0 Å². The number of nitrogens with zero attached hydrogens (tertiary/aromatic N) is 1. The fourth-order valence-electron chi connectivity index (χ4n) is 4.18. The first kappa shape index (κ1) is 24.7. The van der Waals surface area contributed by atoms with E-state index in [0.29, 0.717) is 6.42 Å². The molecule has 1 fully saturated rings. The van der Waals surface area contributed by atoms with Gasteiger partial charge in [-0.1, -0.05) is 103 Å². The van der Waals surface area contributed by atoms with Crippen molar-refractivity contribution in [3.05, 3.63) is 114 Å². The fraction of sp³-hybridized carbons (Fsp3) is 0.207. The lowest BCUT2D eigenvalue weighted by Gasteiger charge is -2.48. The summed E-state index contributed by atoms with van der Waals surface area (Å²) in [7, 11) is 1.30. The number of hydrogen-bond acceptors (Lipinski definition) is 5. The number of rotatable bonds is 9. The van der Waals surface area contributed by atoms with E-state index in [2.05, 4.69) is 5.32 Å². The van der Waals surface area contributed by atoms with Crippen LogP contribution in [0.3, 0.4) is 0 Å². The molecule has 0 bridgehead atoms. The molecule has 0 aromatic heterocycles. The second-order valence-electron chi connectivity index (χ2n) is 8.42. The molecule has 7 nitrogen and oxygen atoms in total. The molecule has 2 amide bonds. The van der Waals surface area contributed by atoms with Crippen molar-refractivity contribution >= 4 is 24.0 Å². The number of ether oxygens (including phenoxy) is 2. The van der Waals surface area contributed by atoms with Crippen LogP contribution in [0, 0.1) is 0 Å². The molecule has 1 aliphatic rings. The number of likely N-dealkylation sites (tertiary alicyclic amines) is 1. The number of β-lactam (4-membered cyclic amide) rings is 1. The number of benzene rings is 3. The number of hydrogen-bond donors (Lipinski definition) is 1. The number of methoxy groups -OCH3 is 1. The van der Waals surface area contributed by atoms with E-state index in [0.717, 1.165) is 16.7 Å². The lowest BCUT2D eigenvalue weighted by molar-refractivity contribution is -0.164. The Labute approximate surface area is 210 Å². The van der Waals surface area contributed by atoms with Gasteiger partial charge in [-0.25, -0.2) is 9.59 Å². The summed E-state index contributed by atoms with van der Waals surface area (Å²) < 4.78 is 10.4. The predicted molar refractivity (Wildman–Crippen MR) is 136 cm³/mol. The van der Waals surface area contributed by atoms with Crippen molar-refractivity contribution in [3.63, 3.8) is 0 Å². The Balaban J connectivity index is 1.53. The number of nitrogens with one attached hydrogen (secondary N) is 1. The maximum Gasteiger partial charge on any atom is 0.408 e. The third-order valence-corrected chi connectivity index (χ3v) is 6.04. The van der Waals surface area contributed by atoms with E-state index in [9.17, 15) is 14.4 Å². The molecular weight excluding hydrogens is 456 g/mol. The van der Waals surface area contributed by atoms with Crippen molar-refractivity contribution in [2.24, 2.45) is 0 Å². The molecule has 0 aliphatic carbocycles. The summed E-state index contributed by atoms with van der Waals surface area (Å²) in [6.45, 7) is 0.0839. The Morgan fingerprint density at radius 1 is 0.917 bits per heavy atom. The molecule has 36 heavy (non-hydrogen) atoms. The van der Waals surface area contributed by atoms with Crippen LogP contribution in [0.2, 0.25) is 0 Å². The number of carbonyl (C=O) groups is 3. The summed E-state index contributed by atoms with van der Waals surface area (Å²) in [4.78, 5) is 40.0. The van der Waals surface area contributed by atoms with Crippen LogP contribution in [0.5, 0.6) is 0 Å². The highest BCUT2D eigenvalue weighted by Gasteiger charge is 2.52. The van der Waals surface area contributed by atoms with Gasteiger partial charge in [-0.05, 0) is 16.7 Å². The van der Waals surface area contributed by atoms with Gasteiger partial charge in [0.15, 0.2) is 0 Å². The molecule has 1 aliphatic heterocycles. The zero-order chi connectivity index (χ0) is 25.3. The average Bonchev–Trinajstić information content (AvgIpc) is 2.93. The number of alkyl carbamates (subject to hydrolysis) is 1. The van der Waals surface area contributed by atoms with E-state index < -0.39 is 30.2 Å². The molecule has 1 saturated heterocycles. The first-order valence-electron chi connectivity index (χ1n) is 11.7. The van der Waals surface area contributed by atoms with Gasteiger partial charge >= 0.3 is 12.1 Å². The lowest BCUT2D eigenvalue weighted by atomic mass is 9.89. The molecule has 1 heterocycles. The summed E-state index contributed by atoms with van der Waals surface area (Å²) in [6, 6.07) is 26.0. The third-order valence-electron chi connectivity index (χ3n) is 6.04. The van der Waals surface area contributed by atoms with Gasteiger partial charge in [-0.3, -0.25) is 4.79 Å². The zero-order valence-electron chi connectivity index (χ0n) is 19.9. The van der Waals surface area contributed by atoms with Crippen LogP contribution in [0.15, 0.2) is 97.1 Å². The summed E-state index contributed by atoms with van der Waals surface area (Å²) in [5.41, 5.74) is 2.66. The van der Waals surface area contributed by atoms with Crippen molar-refractivity contribution in [2.75, 3.05) is 7.11 Å². The standard InChI is InChI=1S/C29H28N2O5/c1-35-28(33)25(19-22-13-7-3-8-14-22)31-24(18-17-21-11-5-2-6-12-21)26(27(31)32)30-29(34)36-20-23-15-9-4-10-16-23/h2-18,24-26H,19-20H2,1H3,(H,30,34)/t24-,25+,26+/m1/s1. The summed E-state index contributed by atoms with van der Waals surface area (Å²) >= 11 is 0. The molecule has 7 heteroatoms. The summed E-state index contributed by atoms with van der Waals surface area (Å²) in [5.74, 6) is -0.892. The van der Waals surface area contributed by atoms with Crippen LogP contribution in [0.25, 0.3) is 6.08 Å².